The number of likely N-dealkylation sites (tertiary alicyclic amines) is 1. The molecule has 1 aromatic heterocycles. The third kappa shape index (κ3) is 4.84. The van der Waals surface area contributed by atoms with Crippen molar-refractivity contribution in [3.05, 3.63) is 101 Å². The van der Waals surface area contributed by atoms with E-state index in [1.165, 1.54) is 21.6 Å². The number of aryl methyl sites for hydroxylation is 1. The van der Waals surface area contributed by atoms with Crippen LogP contribution in [0.4, 0.5) is 4.79 Å². The number of rotatable bonds is 7. The summed E-state index contributed by atoms with van der Waals surface area (Å²) in [5.41, 5.74) is 3.80. The molecule has 3 amide bonds. The Balaban J connectivity index is 1.34. The quantitative estimate of drug-likeness (QED) is 0.482. The number of hydrogen-bond donors (Lipinski definition) is 0. The van der Waals surface area contributed by atoms with Crippen molar-refractivity contribution in [2.75, 3.05) is 19.6 Å². The molecule has 0 N–H and O–H groups in total. The number of imide groups is 1. The summed E-state index contributed by atoms with van der Waals surface area (Å²) in [6, 6.07) is 22.4. The lowest BCUT2D eigenvalue weighted by atomic mass is 9.85. The van der Waals surface area contributed by atoms with Crippen LogP contribution in [0.25, 0.3) is 0 Å². The van der Waals surface area contributed by atoms with Crippen molar-refractivity contribution in [3.63, 3.8) is 0 Å². The average molecular weight is 469 g/mol. The van der Waals surface area contributed by atoms with E-state index in [1.54, 1.807) is 12.4 Å². The Labute approximate surface area is 207 Å². The van der Waals surface area contributed by atoms with E-state index >= 15 is 0 Å². The number of urea groups is 1. The van der Waals surface area contributed by atoms with Crippen LogP contribution in [0.1, 0.15) is 35.1 Å². The van der Waals surface area contributed by atoms with Gasteiger partial charge in [0.25, 0.3) is 5.91 Å². The van der Waals surface area contributed by atoms with E-state index in [0.29, 0.717) is 19.4 Å². The maximum atomic E-state index is 13.8. The summed E-state index contributed by atoms with van der Waals surface area (Å²) in [5, 5.41) is 0. The largest absolute Gasteiger partial charge is 0.328 e. The van der Waals surface area contributed by atoms with E-state index in [9.17, 15) is 9.59 Å². The zero-order valence-electron chi connectivity index (χ0n) is 20.3. The zero-order valence-corrected chi connectivity index (χ0v) is 20.3. The Hall–Kier alpha value is -3.51. The number of carbonyl (C=O) groups excluding carboxylic acids is 2. The molecule has 0 radical (unpaired) electrons. The number of nitrogens with zero attached hydrogens (tertiary/aromatic N) is 4. The predicted molar refractivity (Wildman–Crippen MR) is 135 cm³/mol. The number of piperidine rings is 1. The van der Waals surface area contributed by atoms with Crippen LogP contribution in [0.2, 0.25) is 0 Å². The Kier molecular flexibility index (Phi) is 6.64. The molecule has 0 unspecified atom stereocenters. The molecule has 2 aliphatic heterocycles. The monoisotopic (exact) mass is 468 g/mol. The Morgan fingerprint density at radius 2 is 1.54 bits per heavy atom. The molecular weight excluding hydrogens is 436 g/mol. The molecule has 6 heteroatoms. The summed E-state index contributed by atoms with van der Waals surface area (Å²) in [4.78, 5) is 37.3. The van der Waals surface area contributed by atoms with Crippen LogP contribution >= 0.6 is 0 Å². The van der Waals surface area contributed by atoms with Gasteiger partial charge in [0.15, 0.2) is 0 Å². The second-order valence-electron chi connectivity index (χ2n) is 9.72. The molecule has 3 aromatic rings. The first-order chi connectivity index (χ1) is 17.0. The fourth-order valence-corrected chi connectivity index (χ4v) is 5.31. The number of benzene rings is 2. The van der Waals surface area contributed by atoms with Crippen molar-refractivity contribution in [1.82, 2.24) is 19.7 Å². The number of hydrogen-bond acceptors (Lipinski definition) is 4. The van der Waals surface area contributed by atoms with Crippen LogP contribution in [-0.2, 0) is 24.3 Å². The van der Waals surface area contributed by atoms with E-state index < -0.39 is 5.54 Å². The van der Waals surface area contributed by atoms with Gasteiger partial charge in [-0.2, -0.15) is 0 Å². The molecule has 0 aliphatic carbocycles. The van der Waals surface area contributed by atoms with E-state index in [1.807, 2.05) is 35.2 Å². The number of carbonyl (C=O) groups is 2. The smallest absolute Gasteiger partial charge is 0.309 e. The van der Waals surface area contributed by atoms with Crippen LogP contribution in [0.5, 0.6) is 0 Å². The molecular formula is C29H32N4O2. The van der Waals surface area contributed by atoms with Gasteiger partial charge in [0.1, 0.15) is 5.54 Å². The number of aromatic nitrogens is 1. The van der Waals surface area contributed by atoms with Crippen LogP contribution < -0.4 is 0 Å². The van der Waals surface area contributed by atoms with Crippen molar-refractivity contribution in [3.8, 4) is 0 Å². The number of pyridine rings is 1. The second kappa shape index (κ2) is 10.0. The molecule has 0 saturated carbocycles. The van der Waals surface area contributed by atoms with Crippen LogP contribution in [0.15, 0.2) is 79.1 Å². The third-order valence-corrected chi connectivity index (χ3v) is 7.36. The summed E-state index contributed by atoms with van der Waals surface area (Å²) >= 11 is 0. The molecule has 2 aromatic carbocycles. The highest BCUT2D eigenvalue weighted by Crippen LogP contribution is 2.38. The van der Waals surface area contributed by atoms with Crippen molar-refractivity contribution in [1.29, 1.82) is 0 Å². The number of amides is 3. The molecule has 0 bridgehead atoms. The van der Waals surface area contributed by atoms with Gasteiger partial charge < -0.3 is 4.90 Å². The normalized spacial score (nSPS) is 18.0. The minimum Gasteiger partial charge on any atom is -0.309 e. The van der Waals surface area contributed by atoms with Gasteiger partial charge in [-0.05, 0) is 48.9 Å². The van der Waals surface area contributed by atoms with Gasteiger partial charge >= 0.3 is 6.03 Å². The Morgan fingerprint density at radius 3 is 2.23 bits per heavy atom. The summed E-state index contributed by atoms with van der Waals surface area (Å²) in [5.74, 6) is -0.0607. The van der Waals surface area contributed by atoms with Gasteiger partial charge in [-0.1, -0.05) is 66.2 Å². The van der Waals surface area contributed by atoms with Crippen LogP contribution in [0, 0.1) is 6.92 Å². The van der Waals surface area contributed by atoms with E-state index in [0.717, 1.165) is 31.6 Å². The van der Waals surface area contributed by atoms with Crippen LogP contribution in [0.3, 0.4) is 0 Å². The highest BCUT2D eigenvalue weighted by Gasteiger charge is 2.57. The standard InChI is InChI=1S/C29H32N4O2/c1-23-9-11-25(12-10-23)21-31-18-14-29(15-19-31)27(34)32(22-26-8-5-16-30-20-26)28(35)33(29)17-13-24-6-3-2-4-7-24/h2-12,16,20H,13-15,17-19,21-22H2,1H3. The molecule has 35 heavy (non-hydrogen) atoms. The van der Waals surface area contributed by atoms with E-state index in [-0.39, 0.29) is 18.5 Å². The molecule has 2 aliphatic rings. The van der Waals surface area contributed by atoms with Crippen molar-refractivity contribution in [2.24, 2.45) is 0 Å². The van der Waals surface area contributed by atoms with Gasteiger partial charge in [0.2, 0.25) is 0 Å². The van der Waals surface area contributed by atoms with Gasteiger partial charge in [-0.15, -0.1) is 0 Å². The predicted octanol–water partition coefficient (Wildman–Crippen LogP) is 4.43. The second-order valence-corrected chi connectivity index (χ2v) is 9.72. The van der Waals surface area contributed by atoms with E-state index in [4.69, 9.17) is 0 Å². The SMILES string of the molecule is Cc1ccc(CN2CCC3(CC2)C(=O)N(Cc2cccnc2)C(=O)N3CCc2ccccc2)cc1. The highest BCUT2D eigenvalue weighted by molar-refractivity contribution is 6.07. The van der Waals surface area contributed by atoms with Crippen molar-refractivity contribution in [2.45, 2.75) is 44.8 Å². The molecule has 5 rings (SSSR count). The topological polar surface area (TPSA) is 56.8 Å². The summed E-state index contributed by atoms with van der Waals surface area (Å²) in [6.07, 6.45) is 5.47. The molecule has 2 saturated heterocycles. The molecule has 2 fully saturated rings. The van der Waals surface area contributed by atoms with Gasteiger partial charge in [0, 0.05) is 38.6 Å². The Morgan fingerprint density at radius 1 is 0.829 bits per heavy atom. The Bertz CT molecular complexity index is 1160. The molecule has 1 spiro atoms. The average Bonchev–Trinajstić information content (AvgIpc) is 3.07. The molecule has 6 nitrogen and oxygen atoms in total. The first-order valence-electron chi connectivity index (χ1n) is 12.4. The molecule has 180 valence electrons. The van der Waals surface area contributed by atoms with Gasteiger partial charge in [-0.3, -0.25) is 19.6 Å². The highest BCUT2D eigenvalue weighted by atomic mass is 16.2. The third-order valence-electron chi connectivity index (χ3n) is 7.36. The molecule has 3 heterocycles. The fraction of sp³-hybridized carbons (Fsp3) is 0.345. The lowest BCUT2D eigenvalue weighted by molar-refractivity contribution is -0.136. The lowest BCUT2D eigenvalue weighted by Gasteiger charge is -2.42. The van der Waals surface area contributed by atoms with Crippen molar-refractivity contribution >= 4 is 11.9 Å². The lowest BCUT2D eigenvalue weighted by Crippen LogP contribution is -2.56. The summed E-state index contributed by atoms with van der Waals surface area (Å²) in [6.45, 7) is 5.34. The van der Waals surface area contributed by atoms with Crippen LogP contribution in [-0.4, -0.2) is 56.8 Å². The first kappa shape index (κ1) is 23.2. The first-order valence-corrected chi connectivity index (χ1v) is 12.4. The maximum Gasteiger partial charge on any atom is 0.328 e. The zero-order chi connectivity index (χ0) is 24.3. The molecule has 0 atom stereocenters. The fourth-order valence-electron chi connectivity index (χ4n) is 5.31. The minimum atomic E-state index is -0.766. The summed E-state index contributed by atoms with van der Waals surface area (Å²) in [7, 11) is 0. The maximum absolute atomic E-state index is 13.8. The van der Waals surface area contributed by atoms with E-state index in [2.05, 4.69) is 53.2 Å². The minimum absolute atomic E-state index is 0.0607. The van der Waals surface area contributed by atoms with Gasteiger partial charge in [-0.25, -0.2) is 4.79 Å². The van der Waals surface area contributed by atoms with Crippen molar-refractivity contribution < 1.29 is 9.59 Å². The van der Waals surface area contributed by atoms with Gasteiger partial charge in [0.05, 0.1) is 6.54 Å². The summed E-state index contributed by atoms with van der Waals surface area (Å²) < 4.78 is 0.